The Morgan fingerprint density at radius 3 is 2.32 bits per heavy atom. The maximum Gasteiger partial charge on any atom is 0.338 e. The summed E-state index contributed by atoms with van der Waals surface area (Å²) in [6.07, 6.45) is 0.651. The minimum atomic E-state index is -0.757. The third-order valence-corrected chi connectivity index (χ3v) is 6.04. The smallest absolute Gasteiger partial charge is 0.338 e. The Morgan fingerprint density at radius 1 is 0.921 bits per heavy atom. The summed E-state index contributed by atoms with van der Waals surface area (Å²) < 4.78 is 18.4. The molecule has 0 bridgehead atoms. The number of nitrogens with zero attached hydrogens (tertiary/aromatic N) is 1. The zero-order valence-corrected chi connectivity index (χ0v) is 21.4. The summed E-state index contributed by atoms with van der Waals surface area (Å²) in [5, 5.41) is 4.97. The number of benzene rings is 3. The summed E-state index contributed by atoms with van der Waals surface area (Å²) in [6, 6.07) is 15.7. The number of carbonyl (C=O) groups is 4. The van der Waals surface area contributed by atoms with Crippen LogP contribution in [0.3, 0.4) is 0 Å². The molecule has 0 saturated carbocycles. The van der Waals surface area contributed by atoms with E-state index in [1.54, 1.807) is 0 Å². The molecular weight excluding hydrogens is 536 g/mol. The Labute approximate surface area is 227 Å². The van der Waals surface area contributed by atoms with Gasteiger partial charge < -0.3 is 15.4 Å². The molecule has 2 N–H and O–H groups in total. The second kappa shape index (κ2) is 11.5. The SMILES string of the molecule is CCCOC(=O)c1cccc(N2C(=O)C(Cl)=C(Nc3ccc(C(=O)Nc4ccc(F)c(Cl)c4)cc3)C2=O)c1. The van der Waals surface area contributed by atoms with E-state index in [1.165, 1.54) is 60.7 Å². The van der Waals surface area contributed by atoms with Crippen LogP contribution in [0.4, 0.5) is 21.5 Å². The zero-order valence-electron chi connectivity index (χ0n) is 19.9. The summed E-state index contributed by atoms with van der Waals surface area (Å²) in [5.74, 6) is -3.11. The van der Waals surface area contributed by atoms with Gasteiger partial charge in [0, 0.05) is 16.9 Å². The number of ether oxygens (including phenoxy) is 1. The molecule has 3 amide bonds. The highest BCUT2D eigenvalue weighted by atomic mass is 35.5. The van der Waals surface area contributed by atoms with Crippen molar-refractivity contribution in [1.29, 1.82) is 0 Å². The van der Waals surface area contributed by atoms with Gasteiger partial charge in [-0.05, 0) is 67.1 Å². The minimum Gasteiger partial charge on any atom is -0.462 e. The van der Waals surface area contributed by atoms with Crippen molar-refractivity contribution in [3.63, 3.8) is 0 Å². The maximum absolute atomic E-state index is 13.3. The lowest BCUT2D eigenvalue weighted by molar-refractivity contribution is -0.120. The van der Waals surface area contributed by atoms with E-state index in [4.69, 9.17) is 27.9 Å². The molecule has 4 rings (SSSR count). The van der Waals surface area contributed by atoms with E-state index < -0.39 is 29.5 Å². The van der Waals surface area contributed by atoms with Gasteiger partial charge >= 0.3 is 5.97 Å². The van der Waals surface area contributed by atoms with E-state index in [9.17, 15) is 23.6 Å². The highest BCUT2D eigenvalue weighted by Gasteiger charge is 2.39. The van der Waals surface area contributed by atoms with Crippen LogP contribution in [0.2, 0.25) is 5.02 Å². The number of hydrogen-bond acceptors (Lipinski definition) is 6. The zero-order chi connectivity index (χ0) is 27.4. The highest BCUT2D eigenvalue weighted by molar-refractivity contribution is 6.53. The van der Waals surface area contributed by atoms with Crippen LogP contribution in [0.15, 0.2) is 77.5 Å². The number of anilines is 3. The molecular formula is C27H20Cl2FN3O5. The number of nitrogens with one attached hydrogen (secondary N) is 2. The van der Waals surface area contributed by atoms with E-state index in [0.717, 1.165) is 11.0 Å². The molecule has 8 nitrogen and oxygen atoms in total. The lowest BCUT2D eigenvalue weighted by Gasteiger charge is -2.16. The molecule has 0 radical (unpaired) electrons. The van der Waals surface area contributed by atoms with Crippen molar-refractivity contribution in [3.05, 3.63) is 99.4 Å². The number of imide groups is 1. The lowest BCUT2D eigenvalue weighted by atomic mass is 10.1. The Kier molecular flexibility index (Phi) is 8.09. The predicted molar refractivity (Wildman–Crippen MR) is 142 cm³/mol. The van der Waals surface area contributed by atoms with E-state index in [1.807, 2.05) is 6.92 Å². The average molecular weight is 556 g/mol. The number of halogens is 3. The molecule has 0 aliphatic carbocycles. The van der Waals surface area contributed by atoms with E-state index in [2.05, 4.69) is 10.6 Å². The van der Waals surface area contributed by atoms with Gasteiger partial charge in [-0.1, -0.05) is 36.2 Å². The van der Waals surface area contributed by atoms with E-state index >= 15 is 0 Å². The van der Waals surface area contributed by atoms with Crippen molar-refractivity contribution in [2.75, 3.05) is 22.1 Å². The molecule has 194 valence electrons. The topological polar surface area (TPSA) is 105 Å². The molecule has 3 aromatic carbocycles. The Hall–Kier alpha value is -4.21. The fourth-order valence-electron chi connectivity index (χ4n) is 3.52. The molecule has 38 heavy (non-hydrogen) atoms. The first-order valence-electron chi connectivity index (χ1n) is 11.4. The summed E-state index contributed by atoms with van der Waals surface area (Å²) in [6.45, 7) is 2.10. The minimum absolute atomic E-state index is 0.125. The van der Waals surface area contributed by atoms with Crippen LogP contribution in [-0.4, -0.2) is 30.3 Å². The van der Waals surface area contributed by atoms with Crippen molar-refractivity contribution < 1.29 is 28.3 Å². The standard InChI is InChI=1S/C27H20Cl2FN3O5/c1-2-12-38-27(37)16-4-3-5-19(13-16)33-25(35)22(29)23(26(33)36)31-17-8-6-15(7-9-17)24(34)32-18-10-11-21(30)20(28)14-18/h3-11,13-14,31H,2,12H2,1H3,(H,32,34). The second-order valence-corrected chi connectivity index (χ2v) is 8.89. The van der Waals surface area contributed by atoms with Crippen LogP contribution in [0.25, 0.3) is 0 Å². The third-order valence-electron chi connectivity index (χ3n) is 5.40. The quantitative estimate of drug-likeness (QED) is 0.271. The Bertz CT molecular complexity index is 1470. The number of hydrogen-bond donors (Lipinski definition) is 2. The molecule has 0 spiro atoms. The first-order chi connectivity index (χ1) is 18.2. The number of amides is 3. The molecule has 3 aromatic rings. The van der Waals surface area contributed by atoms with Gasteiger partial charge in [-0.3, -0.25) is 14.4 Å². The summed E-state index contributed by atoms with van der Waals surface area (Å²) >= 11 is 11.9. The Balaban J connectivity index is 1.46. The first kappa shape index (κ1) is 26.8. The van der Waals surface area contributed by atoms with Crippen LogP contribution >= 0.6 is 23.2 Å². The fraction of sp³-hybridized carbons (Fsp3) is 0.111. The number of carbonyl (C=O) groups excluding carboxylic acids is 4. The molecule has 11 heteroatoms. The normalized spacial score (nSPS) is 13.1. The summed E-state index contributed by atoms with van der Waals surface area (Å²) in [7, 11) is 0. The molecule has 0 atom stereocenters. The fourth-order valence-corrected chi connectivity index (χ4v) is 3.92. The van der Waals surface area contributed by atoms with E-state index in [-0.39, 0.29) is 39.2 Å². The average Bonchev–Trinajstić information content (AvgIpc) is 3.12. The van der Waals surface area contributed by atoms with Crippen molar-refractivity contribution in [2.45, 2.75) is 13.3 Å². The van der Waals surface area contributed by atoms with E-state index in [0.29, 0.717) is 17.8 Å². The van der Waals surface area contributed by atoms with Crippen LogP contribution < -0.4 is 15.5 Å². The number of rotatable bonds is 8. The lowest BCUT2D eigenvalue weighted by Crippen LogP contribution is -2.32. The van der Waals surface area contributed by atoms with Crippen LogP contribution in [0.5, 0.6) is 0 Å². The third kappa shape index (κ3) is 5.69. The summed E-state index contributed by atoms with van der Waals surface area (Å²) in [5.41, 5.74) is 1.17. The van der Waals surface area contributed by atoms with Gasteiger partial charge in [-0.25, -0.2) is 14.1 Å². The molecule has 1 aliphatic rings. The predicted octanol–water partition coefficient (Wildman–Crippen LogP) is 5.73. The van der Waals surface area contributed by atoms with Gasteiger partial charge in [0.25, 0.3) is 17.7 Å². The molecule has 0 saturated heterocycles. The van der Waals surface area contributed by atoms with Gasteiger partial charge in [0.2, 0.25) is 0 Å². The van der Waals surface area contributed by atoms with Crippen LogP contribution in [0, 0.1) is 5.82 Å². The van der Waals surface area contributed by atoms with Gasteiger partial charge in [-0.2, -0.15) is 0 Å². The number of esters is 1. The maximum atomic E-state index is 13.3. The monoisotopic (exact) mass is 555 g/mol. The van der Waals surface area contributed by atoms with Crippen molar-refractivity contribution in [2.24, 2.45) is 0 Å². The second-order valence-electron chi connectivity index (χ2n) is 8.11. The summed E-state index contributed by atoms with van der Waals surface area (Å²) in [4.78, 5) is 51.5. The van der Waals surface area contributed by atoms with Crippen molar-refractivity contribution in [3.8, 4) is 0 Å². The molecule has 0 fully saturated rings. The van der Waals surface area contributed by atoms with Gasteiger partial charge in [-0.15, -0.1) is 0 Å². The van der Waals surface area contributed by atoms with Gasteiger partial charge in [0.15, 0.2) is 0 Å². The molecule has 0 aromatic heterocycles. The largest absolute Gasteiger partial charge is 0.462 e. The Morgan fingerprint density at radius 2 is 1.63 bits per heavy atom. The van der Waals surface area contributed by atoms with Crippen LogP contribution in [0.1, 0.15) is 34.1 Å². The highest BCUT2D eigenvalue weighted by Crippen LogP contribution is 2.31. The molecule has 1 heterocycles. The first-order valence-corrected chi connectivity index (χ1v) is 12.1. The van der Waals surface area contributed by atoms with Crippen LogP contribution in [-0.2, 0) is 14.3 Å². The molecule has 0 unspecified atom stereocenters. The molecule has 1 aliphatic heterocycles. The van der Waals surface area contributed by atoms with Crippen molar-refractivity contribution >= 4 is 64.0 Å². The van der Waals surface area contributed by atoms with Gasteiger partial charge in [0.05, 0.1) is 22.9 Å². The van der Waals surface area contributed by atoms with Crippen molar-refractivity contribution in [1.82, 2.24) is 0 Å². The van der Waals surface area contributed by atoms with Gasteiger partial charge in [0.1, 0.15) is 16.5 Å².